The molecule has 19 heavy (non-hydrogen) atoms. The predicted molar refractivity (Wildman–Crippen MR) is 80.1 cm³/mol. The highest BCUT2D eigenvalue weighted by molar-refractivity contribution is 9.10. The summed E-state index contributed by atoms with van der Waals surface area (Å²) in [6.07, 6.45) is 2.60. The SMILES string of the molecule is O=C1CCCc2cc(OCc3sccc3Br)ccc21. The van der Waals surface area contributed by atoms with Gasteiger partial charge >= 0.3 is 0 Å². The molecule has 0 saturated heterocycles. The standard InChI is InChI=1S/C15H13BrO2S/c16-13-6-7-19-15(13)9-18-11-4-5-12-10(8-11)2-1-3-14(12)17/h4-8H,1-3,9H2. The van der Waals surface area contributed by atoms with Gasteiger partial charge in [-0.25, -0.2) is 0 Å². The van der Waals surface area contributed by atoms with Crippen LogP contribution in [0.2, 0.25) is 0 Å². The summed E-state index contributed by atoms with van der Waals surface area (Å²) < 4.78 is 6.89. The Hall–Kier alpha value is -1.13. The Morgan fingerprint density at radius 3 is 2.95 bits per heavy atom. The normalized spacial score (nSPS) is 14.3. The van der Waals surface area contributed by atoms with Gasteiger partial charge in [-0.15, -0.1) is 11.3 Å². The first-order valence-corrected chi connectivity index (χ1v) is 7.92. The molecule has 1 aliphatic rings. The maximum atomic E-state index is 11.7. The monoisotopic (exact) mass is 336 g/mol. The van der Waals surface area contributed by atoms with Crippen molar-refractivity contribution in [3.8, 4) is 5.75 Å². The Balaban J connectivity index is 1.76. The van der Waals surface area contributed by atoms with E-state index in [9.17, 15) is 4.79 Å². The molecule has 0 aliphatic heterocycles. The van der Waals surface area contributed by atoms with E-state index in [0.29, 0.717) is 13.0 Å². The van der Waals surface area contributed by atoms with Gasteiger partial charge in [-0.3, -0.25) is 4.79 Å². The van der Waals surface area contributed by atoms with E-state index in [1.807, 2.05) is 29.6 Å². The maximum absolute atomic E-state index is 11.7. The van der Waals surface area contributed by atoms with Crippen LogP contribution in [0.25, 0.3) is 0 Å². The van der Waals surface area contributed by atoms with Crippen LogP contribution in [-0.2, 0) is 13.0 Å². The Morgan fingerprint density at radius 2 is 2.16 bits per heavy atom. The zero-order valence-corrected chi connectivity index (χ0v) is 12.7. The number of benzene rings is 1. The number of fused-ring (bicyclic) bond motifs is 1. The van der Waals surface area contributed by atoms with E-state index < -0.39 is 0 Å². The Kier molecular flexibility index (Phi) is 3.71. The number of carbonyl (C=O) groups is 1. The van der Waals surface area contributed by atoms with E-state index in [0.717, 1.165) is 34.2 Å². The van der Waals surface area contributed by atoms with Crippen LogP contribution in [0.15, 0.2) is 34.1 Å². The van der Waals surface area contributed by atoms with Gasteiger partial charge in [0.2, 0.25) is 0 Å². The second-order valence-corrected chi connectivity index (χ2v) is 6.43. The lowest BCUT2D eigenvalue weighted by Gasteiger charge is -2.15. The van der Waals surface area contributed by atoms with Gasteiger partial charge in [0, 0.05) is 16.5 Å². The summed E-state index contributed by atoms with van der Waals surface area (Å²) in [5, 5.41) is 2.04. The number of hydrogen-bond acceptors (Lipinski definition) is 3. The Morgan fingerprint density at radius 1 is 1.26 bits per heavy atom. The van der Waals surface area contributed by atoms with Crippen molar-refractivity contribution in [2.75, 3.05) is 0 Å². The second-order valence-electron chi connectivity index (χ2n) is 4.58. The molecule has 2 nitrogen and oxygen atoms in total. The summed E-state index contributed by atoms with van der Waals surface area (Å²) >= 11 is 5.17. The first-order valence-electron chi connectivity index (χ1n) is 6.25. The second kappa shape index (κ2) is 5.47. The summed E-state index contributed by atoms with van der Waals surface area (Å²) in [5.74, 6) is 1.10. The van der Waals surface area contributed by atoms with Gasteiger partial charge in [0.25, 0.3) is 0 Å². The minimum Gasteiger partial charge on any atom is -0.488 e. The molecule has 0 fully saturated rings. The fourth-order valence-electron chi connectivity index (χ4n) is 2.29. The lowest BCUT2D eigenvalue weighted by atomic mass is 9.91. The van der Waals surface area contributed by atoms with Crippen molar-refractivity contribution < 1.29 is 9.53 Å². The fraction of sp³-hybridized carbons (Fsp3) is 0.267. The maximum Gasteiger partial charge on any atom is 0.163 e. The summed E-state index contributed by atoms with van der Waals surface area (Å²) in [5.41, 5.74) is 2.00. The molecule has 0 amide bonds. The highest BCUT2D eigenvalue weighted by Crippen LogP contribution is 2.28. The first-order chi connectivity index (χ1) is 9.24. The zero-order chi connectivity index (χ0) is 13.2. The van der Waals surface area contributed by atoms with E-state index in [-0.39, 0.29) is 5.78 Å². The molecule has 0 N–H and O–H groups in total. The van der Waals surface area contributed by atoms with Gasteiger partial charge in [-0.2, -0.15) is 0 Å². The predicted octanol–water partition coefficient (Wildman–Crippen LogP) is 4.61. The third kappa shape index (κ3) is 2.74. The number of ether oxygens (including phenoxy) is 1. The van der Waals surface area contributed by atoms with Crippen LogP contribution in [0.4, 0.5) is 0 Å². The van der Waals surface area contributed by atoms with Crippen LogP contribution < -0.4 is 4.74 Å². The minimum absolute atomic E-state index is 0.258. The molecule has 4 heteroatoms. The van der Waals surface area contributed by atoms with Crippen molar-refractivity contribution in [3.63, 3.8) is 0 Å². The van der Waals surface area contributed by atoms with Crippen molar-refractivity contribution in [1.82, 2.24) is 0 Å². The number of thiophene rings is 1. The van der Waals surface area contributed by atoms with Crippen LogP contribution >= 0.6 is 27.3 Å². The number of aryl methyl sites for hydroxylation is 1. The molecule has 0 atom stereocenters. The van der Waals surface area contributed by atoms with Crippen LogP contribution in [0.5, 0.6) is 5.75 Å². The molecule has 2 aromatic rings. The smallest absolute Gasteiger partial charge is 0.163 e. The first kappa shape index (κ1) is 12.9. The third-order valence-electron chi connectivity index (χ3n) is 3.29. The van der Waals surface area contributed by atoms with Crippen LogP contribution in [0.3, 0.4) is 0 Å². The lowest BCUT2D eigenvalue weighted by Crippen LogP contribution is -2.10. The highest BCUT2D eigenvalue weighted by Gasteiger charge is 2.17. The van der Waals surface area contributed by atoms with E-state index in [4.69, 9.17) is 4.74 Å². The zero-order valence-electron chi connectivity index (χ0n) is 10.3. The van der Waals surface area contributed by atoms with Gasteiger partial charge in [-0.1, -0.05) is 0 Å². The molecule has 0 unspecified atom stereocenters. The number of rotatable bonds is 3. The van der Waals surface area contributed by atoms with E-state index in [1.165, 1.54) is 4.88 Å². The molecule has 1 heterocycles. The molecule has 0 spiro atoms. The molecule has 1 aromatic heterocycles. The molecule has 0 radical (unpaired) electrons. The number of carbonyl (C=O) groups excluding carboxylic acids is 1. The average molecular weight is 337 g/mol. The van der Waals surface area contributed by atoms with Crippen molar-refractivity contribution in [3.05, 3.63) is 50.1 Å². The summed E-state index contributed by atoms with van der Waals surface area (Å²) in [6, 6.07) is 7.82. The number of ketones is 1. The number of Topliss-reactive ketones (excluding diaryl/α,β-unsaturated/α-hetero) is 1. The van der Waals surface area contributed by atoms with E-state index in [1.54, 1.807) is 11.3 Å². The number of hydrogen-bond donors (Lipinski definition) is 0. The third-order valence-corrected chi connectivity index (χ3v) is 5.19. The van der Waals surface area contributed by atoms with Gasteiger partial charge in [0.15, 0.2) is 5.78 Å². The molecule has 3 rings (SSSR count). The molecule has 0 bridgehead atoms. The average Bonchev–Trinajstić information content (AvgIpc) is 2.82. The lowest BCUT2D eigenvalue weighted by molar-refractivity contribution is 0.0972. The Bertz CT molecular complexity index is 618. The quantitative estimate of drug-likeness (QED) is 0.818. The largest absolute Gasteiger partial charge is 0.488 e. The Labute approximate surface area is 124 Å². The van der Waals surface area contributed by atoms with Gasteiger partial charge < -0.3 is 4.74 Å². The van der Waals surface area contributed by atoms with Crippen LogP contribution in [0, 0.1) is 0 Å². The van der Waals surface area contributed by atoms with Gasteiger partial charge in [0.05, 0.1) is 4.88 Å². The summed E-state index contributed by atoms with van der Waals surface area (Å²) in [4.78, 5) is 12.9. The van der Waals surface area contributed by atoms with Crippen LogP contribution in [-0.4, -0.2) is 5.78 Å². The topological polar surface area (TPSA) is 26.3 Å². The van der Waals surface area contributed by atoms with Crippen LogP contribution in [0.1, 0.15) is 33.6 Å². The molecule has 1 aliphatic carbocycles. The van der Waals surface area contributed by atoms with Crippen molar-refractivity contribution in [2.45, 2.75) is 25.9 Å². The van der Waals surface area contributed by atoms with Crippen molar-refractivity contribution in [1.29, 1.82) is 0 Å². The molecule has 1 aromatic carbocycles. The van der Waals surface area contributed by atoms with Gasteiger partial charge in [-0.05, 0) is 64.0 Å². The summed E-state index contributed by atoms with van der Waals surface area (Å²) in [6.45, 7) is 0.560. The highest BCUT2D eigenvalue weighted by atomic mass is 79.9. The molecular weight excluding hydrogens is 324 g/mol. The van der Waals surface area contributed by atoms with Crippen molar-refractivity contribution in [2.24, 2.45) is 0 Å². The number of halogens is 1. The molecule has 0 saturated carbocycles. The van der Waals surface area contributed by atoms with Crippen molar-refractivity contribution >= 4 is 33.0 Å². The minimum atomic E-state index is 0.258. The fourth-order valence-corrected chi connectivity index (χ4v) is 3.67. The van der Waals surface area contributed by atoms with E-state index >= 15 is 0 Å². The summed E-state index contributed by atoms with van der Waals surface area (Å²) in [7, 11) is 0. The van der Waals surface area contributed by atoms with E-state index in [2.05, 4.69) is 15.9 Å². The molecular formula is C15H13BrO2S. The van der Waals surface area contributed by atoms with Gasteiger partial charge in [0.1, 0.15) is 12.4 Å². The molecule has 98 valence electrons.